The van der Waals surface area contributed by atoms with E-state index in [1.807, 2.05) is 79.9 Å². The Morgan fingerprint density at radius 2 is 1.77 bits per heavy atom. The van der Waals surface area contributed by atoms with E-state index in [1.54, 1.807) is 12.1 Å². The van der Waals surface area contributed by atoms with Gasteiger partial charge in [0, 0.05) is 12.2 Å². The molecule has 9 nitrogen and oxygen atoms in total. The monoisotopic (exact) mass is 552 g/mol. The SMILES string of the molecule is Cc1ccc(N(C(=O)Cn2nnc(-c3cccs3)n2)[C@H](C(=O)NCc2ccccc2)c2ccc(O)cc2)c(C)c1. The number of thiophene rings is 1. The molecule has 0 bridgehead atoms. The van der Waals surface area contributed by atoms with E-state index in [1.165, 1.54) is 33.2 Å². The van der Waals surface area contributed by atoms with Gasteiger partial charge in [-0.15, -0.1) is 21.5 Å². The molecular weight excluding hydrogens is 524 g/mol. The van der Waals surface area contributed by atoms with E-state index in [-0.39, 0.29) is 24.7 Å². The van der Waals surface area contributed by atoms with Crippen LogP contribution >= 0.6 is 11.3 Å². The summed E-state index contributed by atoms with van der Waals surface area (Å²) in [5.74, 6) is -0.273. The van der Waals surface area contributed by atoms with E-state index in [4.69, 9.17) is 0 Å². The molecular formula is C30H28N6O3S. The zero-order chi connectivity index (χ0) is 28.1. The number of hydrogen-bond acceptors (Lipinski definition) is 7. The molecule has 0 fully saturated rings. The van der Waals surface area contributed by atoms with Gasteiger partial charge in [0.2, 0.25) is 11.7 Å². The maximum absolute atomic E-state index is 14.1. The van der Waals surface area contributed by atoms with Crippen molar-refractivity contribution in [3.05, 3.63) is 113 Å². The Labute approximate surface area is 235 Å². The molecule has 0 spiro atoms. The predicted octanol–water partition coefficient (Wildman–Crippen LogP) is 4.81. The Morgan fingerprint density at radius 3 is 2.48 bits per heavy atom. The standard InChI is InChI=1S/C30H28N6O3S/c1-20-10-15-25(21(2)17-20)36(27(38)19-35-33-29(32-34-35)26-9-6-16-40-26)28(23-11-13-24(37)14-12-23)30(39)31-18-22-7-4-3-5-8-22/h3-17,28,37H,18-19H2,1-2H3,(H,31,39)/t28-/m0/s1. The fraction of sp³-hybridized carbons (Fsp3) is 0.167. The minimum absolute atomic E-state index is 0.0597. The number of aryl methyl sites for hydroxylation is 2. The molecule has 3 aromatic carbocycles. The third kappa shape index (κ3) is 6.08. The maximum Gasteiger partial charge on any atom is 0.251 e. The van der Waals surface area contributed by atoms with Crippen molar-refractivity contribution in [1.82, 2.24) is 25.5 Å². The van der Waals surface area contributed by atoms with Crippen LogP contribution in [0, 0.1) is 13.8 Å². The number of hydrogen-bond donors (Lipinski definition) is 2. The maximum atomic E-state index is 14.1. The fourth-order valence-corrected chi connectivity index (χ4v) is 5.11. The van der Waals surface area contributed by atoms with Gasteiger partial charge in [0.25, 0.3) is 5.91 Å². The van der Waals surface area contributed by atoms with Crippen LogP contribution in [0.4, 0.5) is 5.69 Å². The molecule has 0 unspecified atom stereocenters. The van der Waals surface area contributed by atoms with Crippen LogP contribution in [-0.2, 0) is 22.7 Å². The first kappa shape index (κ1) is 26.8. The van der Waals surface area contributed by atoms with E-state index < -0.39 is 11.9 Å². The highest BCUT2D eigenvalue weighted by Gasteiger charge is 2.34. The number of rotatable bonds is 9. The lowest BCUT2D eigenvalue weighted by Gasteiger charge is -2.32. The summed E-state index contributed by atoms with van der Waals surface area (Å²) >= 11 is 1.48. The average molecular weight is 553 g/mol. The summed E-state index contributed by atoms with van der Waals surface area (Å²) in [6.07, 6.45) is 0. The van der Waals surface area contributed by atoms with Gasteiger partial charge in [-0.05, 0) is 65.4 Å². The number of carbonyl (C=O) groups excluding carboxylic acids is 2. The van der Waals surface area contributed by atoms with E-state index in [0.29, 0.717) is 17.1 Å². The molecule has 2 N–H and O–H groups in total. The first-order valence-electron chi connectivity index (χ1n) is 12.7. The van der Waals surface area contributed by atoms with Crippen molar-refractivity contribution < 1.29 is 14.7 Å². The molecule has 0 saturated carbocycles. The van der Waals surface area contributed by atoms with Gasteiger partial charge < -0.3 is 10.4 Å². The molecule has 5 aromatic rings. The highest BCUT2D eigenvalue weighted by atomic mass is 32.1. The van der Waals surface area contributed by atoms with Crippen LogP contribution in [0.15, 0.2) is 90.3 Å². The van der Waals surface area contributed by atoms with Crippen molar-refractivity contribution >= 4 is 28.8 Å². The van der Waals surface area contributed by atoms with Crippen LogP contribution in [0.2, 0.25) is 0 Å². The van der Waals surface area contributed by atoms with E-state index in [2.05, 4.69) is 20.7 Å². The van der Waals surface area contributed by atoms with Crippen LogP contribution in [0.5, 0.6) is 5.75 Å². The summed E-state index contributed by atoms with van der Waals surface area (Å²) in [5, 5.41) is 27.4. The number of aromatic hydroxyl groups is 1. The molecule has 0 saturated heterocycles. The minimum Gasteiger partial charge on any atom is -0.508 e. The number of nitrogens with one attached hydrogen (secondary N) is 1. The Bertz CT molecular complexity index is 1600. The van der Waals surface area contributed by atoms with E-state index >= 15 is 0 Å². The summed E-state index contributed by atoms with van der Waals surface area (Å²) in [4.78, 5) is 31.5. The van der Waals surface area contributed by atoms with Crippen LogP contribution in [0.3, 0.4) is 0 Å². The first-order valence-corrected chi connectivity index (χ1v) is 13.6. The lowest BCUT2D eigenvalue weighted by atomic mass is 10.0. The number of amides is 2. The number of nitrogens with zero attached hydrogens (tertiary/aromatic N) is 5. The van der Waals surface area contributed by atoms with Crippen molar-refractivity contribution in [2.45, 2.75) is 33.0 Å². The molecule has 5 rings (SSSR count). The van der Waals surface area contributed by atoms with Crippen molar-refractivity contribution in [3.63, 3.8) is 0 Å². The molecule has 2 aromatic heterocycles. The largest absolute Gasteiger partial charge is 0.508 e. The van der Waals surface area contributed by atoms with Crippen LogP contribution in [-0.4, -0.2) is 37.1 Å². The fourth-order valence-electron chi connectivity index (χ4n) is 4.46. The number of anilines is 1. The van der Waals surface area contributed by atoms with Gasteiger partial charge in [-0.1, -0.05) is 66.2 Å². The number of benzene rings is 3. The Hall–Kier alpha value is -4.83. The summed E-state index contributed by atoms with van der Waals surface area (Å²) in [6, 6.07) is 24.3. The van der Waals surface area contributed by atoms with E-state index in [9.17, 15) is 14.7 Å². The second-order valence-electron chi connectivity index (χ2n) is 9.37. The Balaban J connectivity index is 1.53. The molecule has 202 valence electrons. The van der Waals surface area contributed by atoms with Crippen molar-refractivity contribution in [1.29, 1.82) is 0 Å². The zero-order valence-electron chi connectivity index (χ0n) is 22.1. The van der Waals surface area contributed by atoms with Gasteiger partial charge in [-0.2, -0.15) is 4.80 Å². The Morgan fingerprint density at radius 1 is 1.00 bits per heavy atom. The average Bonchev–Trinajstić information content (AvgIpc) is 3.65. The van der Waals surface area contributed by atoms with Gasteiger partial charge >= 0.3 is 0 Å². The summed E-state index contributed by atoms with van der Waals surface area (Å²) in [6.45, 7) is 3.93. The molecule has 10 heteroatoms. The number of carbonyl (C=O) groups is 2. The third-order valence-corrected chi connectivity index (χ3v) is 7.24. The highest BCUT2D eigenvalue weighted by Crippen LogP contribution is 2.32. The lowest BCUT2D eigenvalue weighted by Crippen LogP contribution is -2.45. The molecule has 0 radical (unpaired) electrons. The second kappa shape index (κ2) is 11.9. The van der Waals surface area contributed by atoms with Gasteiger partial charge in [0.05, 0.1) is 4.88 Å². The molecule has 2 amide bonds. The molecule has 1 atom stereocenters. The van der Waals surface area contributed by atoms with Crippen molar-refractivity contribution in [3.8, 4) is 16.5 Å². The minimum atomic E-state index is -1.03. The van der Waals surface area contributed by atoms with Crippen molar-refractivity contribution in [2.75, 3.05) is 4.90 Å². The number of tetrazole rings is 1. The van der Waals surface area contributed by atoms with E-state index in [0.717, 1.165) is 21.6 Å². The van der Waals surface area contributed by atoms with Gasteiger partial charge in [-0.25, -0.2) is 0 Å². The molecule has 0 aliphatic rings. The molecule has 2 heterocycles. The molecule has 0 aliphatic heterocycles. The topological polar surface area (TPSA) is 113 Å². The first-order chi connectivity index (χ1) is 19.4. The third-order valence-electron chi connectivity index (χ3n) is 6.38. The van der Waals surface area contributed by atoms with Crippen LogP contribution < -0.4 is 10.2 Å². The lowest BCUT2D eigenvalue weighted by molar-refractivity contribution is -0.127. The Kier molecular flexibility index (Phi) is 7.97. The highest BCUT2D eigenvalue weighted by molar-refractivity contribution is 7.13. The van der Waals surface area contributed by atoms with Crippen LogP contribution in [0.1, 0.15) is 28.3 Å². The summed E-state index contributed by atoms with van der Waals surface area (Å²) < 4.78 is 0. The zero-order valence-corrected chi connectivity index (χ0v) is 22.9. The molecule has 0 aliphatic carbocycles. The number of phenolic OH excluding ortho intramolecular Hbond substituents is 1. The van der Waals surface area contributed by atoms with Gasteiger partial charge in [0.15, 0.2) is 0 Å². The van der Waals surface area contributed by atoms with Crippen molar-refractivity contribution in [2.24, 2.45) is 0 Å². The predicted molar refractivity (Wildman–Crippen MR) is 154 cm³/mol. The second-order valence-corrected chi connectivity index (χ2v) is 10.3. The van der Waals surface area contributed by atoms with Gasteiger partial charge in [-0.3, -0.25) is 14.5 Å². The number of aromatic nitrogens is 4. The van der Waals surface area contributed by atoms with Gasteiger partial charge in [0.1, 0.15) is 18.3 Å². The quantitative estimate of drug-likeness (QED) is 0.271. The normalized spacial score (nSPS) is 11.7. The van der Waals surface area contributed by atoms with Crippen LogP contribution in [0.25, 0.3) is 10.7 Å². The molecule has 40 heavy (non-hydrogen) atoms. The number of phenols is 1. The smallest absolute Gasteiger partial charge is 0.251 e. The summed E-state index contributed by atoms with van der Waals surface area (Å²) in [7, 11) is 0. The summed E-state index contributed by atoms with van der Waals surface area (Å²) in [5.41, 5.74) is 3.92.